The molecule has 15 heavy (non-hydrogen) atoms. The summed E-state index contributed by atoms with van der Waals surface area (Å²) in [5, 5.41) is 21.4. The lowest BCUT2D eigenvalue weighted by Crippen LogP contribution is -2.38. The number of aliphatic hydroxyl groups excluding tert-OH is 2. The fraction of sp³-hybridized carbons (Fsp3) is 0.500. The highest BCUT2D eigenvalue weighted by molar-refractivity contribution is 5.15. The van der Waals surface area contributed by atoms with E-state index in [0.29, 0.717) is 6.54 Å². The maximum absolute atomic E-state index is 9.16. The molecule has 0 aliphatic heterocycles. The lowest BCUT2D eigenvalue weighted by molar-refractivity contribution is 0.172. The molecule has 2 unspecified atom stereocenters. The van der Waals surface area contributed by atoms with Gasteiger partial charge in [-0.25, -0.2) is 0 Å². The zero-order valence-corrected chi connectivity index (χ0v) is 9.06. The van der Waals surface area contributed by atoms with Crippen LogP contribution in [0.1, 0.15) is 12.5 Å². The van der Waals surface area contributed by atoms with Crippen molar-refractivity contribution in [3.8, 4) is 0 Å². The highest BCUT2D eigenvalue weighted by Crippen LogP contribution is 2.02. The average Bonchev–Trinajstić information content (AvgIpc) is 2.25. The first-order chi connectivity index (χ1) is 7.22. The Labute approximate surface area is 90.8 Å². The molecule has 3 heteroatoms. The van der Waals surface area contributed by atoms with Gasteiger partial charge in [-0.3, -0.25) is 0 Å². The second kappa shape index (κ2) is 6.56. The van der Waals surface area contributed by atoms with Crippen LogP contribution in [0.2, 0.25) is 0 Å². The molecular weight excluding hydrogens is 190 g/mol. The Morgan fingerprint density at radius 2 is 1.93 bits per heavy atom. The molecular formula is C12H19NO2. The van der Waals surface area contributed by atoms with Crippen molar-refractivity contribution < 1.29 is 10.2 Å². The van der Waals surface area contributed by atoms with Crippen LogP contribution in [-0.2, 0) is 6.42 Å². The van der Waals surface area contributed by atoms with E-state index in [1.165, 1.54) is 5.56 Å². The van der Waals surface area contributed by atoms with Gasteiger partial charge in [0.05, 0.1) is 12.7 Å². The first-order valence-electron chi connectivity index (χ1n) is 5.28. The molecule has 1 aromatic rings. The number of rotatable bonds is 6. The van der Waals surface area contributed by atoms with Gasteiger partial charge in [-0.1, -0.05) is 30.3 Å². The Morgan fingerprint density at radius 1 is 1.27 bits per heavy atom. The van der Waals surface area contributed by atoms with Crippen LogP contribution in [0.15, 0.2) is 30.3 Å². The SMILES string of the molecule is CC(O)CNC(CO)Cc1ccccc1. The van der Waals surface area contributed by atoms with E-state index in [9.17, 15) is 0 Å². The molecule has 0 saturated heterocycles. The van der Waals surface area contributed by atoms with Crippen LogP contribution >= 0.6 is 0 Å². The molecule has 3 nitrogen and oxygen atoms in total. The van der Waals surface area contributed by atoms with Crippen molar-refractivity contribution in [2.24, 2.45) is 0 Å². The molecule has 0 bridgehead atoms. The summed E-state index contributed by atoms with van der Waals surface area (Å²) in [6, 6.07) is 10.0. The predicted octanol–water partition coefficient (Wildman–Crippen LogP) is 0.560. The van der Waals surface area contributed by atoms with Crippen LogP contribution < -0.4 is 5.32 Å². The highest BCUT2D eigenvalue weighted by atomic mass is 16.3. The second-order valence-corrected chi connectivity index (χ2v) is 3.83. The Kier molecular flexibility index (Phi) is 5.32. The van der Waals surface area contributed by atoms with Crippen molar-refractivity contribution in [3.63, 3.8) is 0 Å². The van der Waals surface area contributed by atoms with Crippen LogP contribution in [0.3, 0.4) is 0 Å². The summed E-state index contributed by atoms with van der Waals surface area (Å²) < 4.78 is 0. The molecule has 0 saturated carbocycles. The molecule has 1 rings (SSSR count). The molecule has 2 atom stereocenters. The summed E-state index contributed by atoms with van der Waals surface area (Å²) in [4.78, 5) is 0. The van der Waals surface area contributed by atoms with Crippen LogP contribution in [0.4, 0.5) is 0 Å². The average molecular weight is 209 g/mol. The minimum atomic E-state index is -0.380. The zero-order chi connectivity index (χ0) is 11.1. The highest BCUT2D eigenvalue weighted by Gasteiger charge is 2.08. The normalized spacial score (nSPS) is 14.9. The topological polar surface area (TPSA) is 52.5 Å². The Hall–Kier alpha value is -0.900. The van der Waals surface area contributed by atoms with E-state index < -0.39 is 0 Å². The van der Waals surface area contributed by atoms with Crippen molar-refractivity contribution in [1.29, 1.82) is 0 Å². The number of benzene rings is 1. The first kappa shape index (κ1) is 12.2. The van der Waals surface area contributed by atoms with Crippen molar-refractivity contribution in [2.45, 2.75) is 25.5 Å². The Morgan fingerprint density at radius 3 is 2.47 bits per heavy atom. The van der Waals surface area contributed by atoms with E-state index in [1.54, 1.807) is 6.92 Å². The predicted molar refractivity (Wildman–Crippen MR) is 60.7 cm³/mol. The van der Waals surface area contributed by atoms with E-state index >= 15 is 0 Å². The maximum Gasteiger partial charge on any atom is 0.0636 e. The zero-order valence-electron chi connectivity index (χ0n) is 9.06. The molecule has 0 amide bonds. The lowest BCUT2D eigenvalue weighted by Gasteiger charge is -2.17. The van der Waals surface area contributed by atoms with Gasteiger partial charge in [0, 0.05) is 12.6 Å². The van der Waals surface area contributed by atoms with Crippen LogP contribution in [0, 0.1) is 0 Å². The fourth-order valence-electron chi connectivity index (χ4n) is 1.44. The van der Waals surface area contributed by atoms with E-state index in [2.05, 4.69) is 5.32 Å². The molecule has 0 aromatic heterocycles. The number of aliphatic hydroxyl groups is 2. The van der Waals surface area contributed by atoms with Gasteiger partial charge >= 0.3 is 0 Å². The second-order valence-electron chi connectivity index (χ2n) is 3.83. The van der Waals surface area contributed by atoms with Gasteiger partial charge < -0.3 is 15.5 Å². The standard InChI is InChI=1S/C12H19NO2/c1-10(15)8-13-12(9-14)7-11-5-3-2-4-6-11/h2-6,10,12-15H,7-9H2,1H3. The molecule has 0 radical (unpaired) electrons. The number of hydrogen-bond acceptors (Lipinski definition) is 3. The molecule has 84 valence electrons. The number of nitrogens with one attached hydrogen (secondary N) is 1. The van der Waals surface area contributed by atoms with Gasteiger partial charge in [0.1, 0.15) is 0 Å². The van der Waals surface area contributed by atoms with Crippen LogP contribution in [0.5, 0.6) is 0 Å². The number of hydrogen-bond donors (Lipinski definition) is 3. The van der Waals surface area contributed by atoms with Crippen molar-refractivity contribution in [3.05, 3.63) is 35.9 Å². The third-order valence-corrected chi connectivity index (χ3v) is 2.25. The van der Waals surface area contributed by atoms with Gasteiger partial charge in [0.2, 0.25) is 0 Å². The van der Waals surface area contributed by atoms with E-state index in [-0.39, 0.29) is 18.8 Å². The van der Waals surface area contributed by atoms with E-state index in [1.807, 2.05) is 30.3 Å². The van der Waals surface area contributed by atoms with Crippen molar-refractivity contribution in [2.75, 3.05) is 13.2 Å². The monoisotopic (exact) mass is 209 g/mol. The van der Waals surface area contributed by atoms with Gasteiger partial charge in [-0.15, -0.1) is 0 Å². The van der Waals surface area contributed by atoms with Crippen LogP contribution in [-0.4, -0.2) is 35.5 Å². The maximum atomic E-state index is 9.16. The largest absolute Gasteiger partial charge is 0.395 e. The molecule has 0 heterocycles. The Balaban J connectivity index is 2.40. The summed E-state index contributed by atoms with van der Waals surface area (Å²) in [5.41, 5.74) is 1.19. The van der Waals surface area contributed by atoms with E-state index in [4.69, 9.17) is 10.2 Å². The van der Waals surface area contributed by atoms with Crippen molar-refractivity contribution in [1.82, 2.24) is 5.32 Å². The van der Waals surface area contributed by atoms with Crippen molar-refractivity contribution >= 4 is 0 Å². The molecule has 3 N–H and O–H groups in total. The third-order valence-electron chi connectivity index (χ3n) is 2.25. The van der Waals surface area contributed by atoms with Gasteiger partial charge in [-0.05, 0) is 18.9 Å². The van der Waals surface area contributed by atoms with E-state index in [0.717, 1.165) is 6.42 Å². The smallest absolute Gasteiger partial charge is 0.0636 e. The van der Waals surface area contributed by atoms with Gasteiger partial charge in [0.25, 0.3) is 0 Å². The molecule has 0 fully saturated rings. The fourth-order valence-corrected chi connectivity index (χ4v) is 1.44. The molecule has 0 spiro atoms. The Bertz CT molecular complexity index is 262. The summed E-state index contributed by atoms with van der Waals surface area (Å²) in [7, 11) is 0. The molecule has 1 aromatic carbocycles. The summed E-state index contributed by atoms with van der Waals surface area (Å²) in [6.45, 7) is 2.32. The summed E-state index contributed by atoms with van der Waals surface area (Å²) >= 11 is 0. The third kappa shape index (κ3) is 4.93. The minimum absolute atomic E-state index is 0.0157. The molecule has 0 aliphatic carbocycles. The summed E-state index contributed by atoms with van der Waals surface area (Å²) in [6.07, 6.45) is 0.402. The van der Waals surface area contributed by atoms with Crippen LogP contribution in [0.25, 0.3) is 0 Å². The lowest BCUT2D eigenvalue weighted by atomic mass is 10.1. The molecule has 0 aliphatic rings. The summed E-state index contributed by atoms with van der Waals surface area (Å²) in [5.74, 6) is 0. The quantitative estimate of drug-likeness (QED) is 0.641. The van der Waals surface area contributed by atoms with Gasteiger partial charge in [0.15, 0.2) is 0 Å². The minimum Gasteiger partial charge on any atom is -0.395 e. The first-order valence-corrected chi connectivity index (χ1v) is 5.28. The van der Waals surface area contributed by atoms with Gasteiger partial charge in [-0.2, -0.15) is 0 Å².